The Bertz CT molecular complexity index is 716. The molecule has 2 N–H and O–H groups in total. The van der Waals surface area contributed by atoms with Crippen LogP contribution in [0.25, 0.3) is 0 Å². The first-order valence-corrected chi connectivity index (χ1v) is 6.18. The summed E-state index contributed by atoms with van der Waals surface area (Å²) < 4.78 is 4.85. The van der Waals surface area contributed by atoms with Gasteiger partial charge in [0.15, 0.2) is 0 Å². The Morgan fingerprint density at radius 1 is 1.15 bits per heavy atom. The van der Waals surface area contributed by atoms with Crippen LogP contribution in [0.2, 0.25) is 0 Å². The second-order valence-electron chi connectivity index (χ2n) is 4.14. The molecule has 20 heavy (non-hydrogen) atoms. The Hall–Kier alpha value is -2.63. The normalized spacial score (nSPS) is 10.2. The quantitative estimate of drug-likeness (QED) is 0.808. The number of H-pyrrole nitrogens is 2. The minimum Gasteiger partial charge on any atom is -0.462 e. The largest absolute Gasteiger partial charge is 0.462 e. The fourth-order valence-corrected chi connectivity index (χ4v) is 1.89. The highest BCUT2D eigenvalue weighted by Crippen LogP contribution is 2.09. The third kappa shape index (κ3) is 3.03. The fourth-order valence-electron chi connectivity index (χ4n) is 1.89. The van der Waals surface area contributed by atoms with Crippen molar-refractivity contribution in [3.63, 3.8) is 0 Å². The topological polar surface area (TPSA) is 92.0 Å². The molecular weight excluding hydrogens is 260 g/mol. The van der Waals surface area contributed by atoms with E-state index in [1.54, 1.807) is 6.92 Å². The lowest BCUT2D eigenvalue weighted by Gasteiger charge is -2.07. The molecule has 0 spiro atoms. The number of nitrogens with one attached hydrogen (secondary N) is 2. The maximum absolute atomic E-state index is 11.8. The van der Waals surface area contributed by atoms with Crippen LogP contribution in [0.4, 0.5) is 0 Å². The maximum Gasteiger partial charge on any atom is 0.345 e. The second kappa shape index (κ2) is 6.01. The van der Waals surface area contributed by atoms with E-state index in [9.17, 15) is 14.4 Å². The lowest BCUT2D eigenvalue weighted by Crippen LogP contribution is -2.31. The number of aromatic nitrogens is 2. The van der Waals surface area contributed by atoms with Crippen molar-refractivity contribution in [1.29, 1.82) is 0 Å². The molecule has 0 amide bonds. The number of ether oxygens (including phenoxy) is 1. The Balaban J connectivity index is 2.48. The van der Waals surface area contributed by atoms with Gasteiger partial charge in [0, 0.05) is 12.1 Å². The first-order chi connectivity index (χ1) is 9.61. The van der Waals surface area contributed by atoms with Crippen LogP contribution in [-0.4, -0.2) is 22.5 Å². The van der Waals surface area contributed by atoms with Gasteiger partial charge in [-0.25, -0.2) is 9.59 Å². The van der Waals surface area contributed by atoms with Crippen molar-refractivity contribution in [2.45, 2.75) is 13.3 Å². The van der Waals surface area contributed by atoms with E-state index in [0.717, 1.165) is 5.56 Å². The average molecular weight is 274 g/mol. The van der Waals surface area contributed by atoms with Crippen molar-refractivity contribution in [1.82, 2.24) is 9.97 Å². The molecule has 1 heterocycles. The van der Waals surface area contributed by atoms with Gasteiger partial charge in [-0.05, 0) is 12.5 Å². The van der Waals surface area contributed by atoms with Crippen LogP contribution in [0.15, 0.2) is 39.9 Å². The van der Waals surface area contributed by atoms with E-state index >= 15 is 0 Å². The molecule has 1 aromatic heterocycles. The average Bonchev–Trinajstić information content (AvgIpc) is 2.39. The summed E-state index contributed by atoms with van der Waals surface area (Å²) >= 11 is 0. The molecule has 6 nitrogen and oxygen atoms in total. The number of carbonyl (C=O) groups is 1. The van der Waals surface area contributed by atoms with Gasteiger partial charge >= 0.3 is 11.7 Å². The molecule has 0 saturated heterocycles. The van der Waals surface area contributed by atoms with Gasteiger partial charge in [0.2, 0.25) is 0 Å². The third-order valence-electron chi connectivity index (χ3n) is 2.72. The maximum atomic E-state index is 11.8. The molecule has 2 aromatic rings. The number of aromatic amines is 2. The number of benzene rings is 1. The summed E-state index contributed by atoms with van der Waals surface area (Å²) in [6.07, 6.45) is 0.272. The molecule has 6 heteroatoms. The van der Waals surface area contributed by atoms with Crippen LogP contribution >= 0.6 is 0 Å². The molecule has 2 rings (SSSR count). The molecular formula is C14H14N2O4. The summed E-state index contributed by atoms with van der Waals surface area (Å²) in [4.78, 5) is 39.5. The molecule has 1 aromatic carbocycles. The van der Waals surface area contributed by atoms with Crippen LogP contribution in [0.1, 0.15) is 28.5 Å². The summed E-state index contributed by atoms with van der Waals surface area (Å²) in [5, 5.41) is 0. The Labute approximate surface area is 114 Å². The Morgan fingerprint density at radius 3 is 2.50 bits per heavy atom. The van der Waals surface area contributed by atoms with Crippen LogP contribution < -0.4 is 11.2 Å². The zero-order valence-electron chi connectivity index (χ0n) is 10.9. The molecule has 0 unspecified atom stereocenters. The summed E-state index contributed by atoms with van der Waals surface area (Å²) in [6.45, 7) is 1.80. The second-order valence-corrected chi connectivity index (χ2v) is 4.14. The lowest BCUT2D eigenvalue weighted by molar-refractivity contribution is 0.0522. The summed E-state index contributed by atoms with van der Waals surface area (Å²) in [5.74, 6) is -0.740. The van der Waals surface area contributed by atoms with Gasteiger partial charge in [-0.15, -0.1) is 0 Å². The van der Waals surface area contributed by atoms with Gasteiger partial charge in [-0.3, -0.25) is 9.78 Å². The van der Waals surface area contributed by atoms with E-state index < -0.39 is 17.2 Å². The number of carbonyl (C=O) groups excluding carboxylic acids is 1. The smallest absolute Gasteiger partial charge is 0.345 e. The van der Waals surface area contributed by atoms with Crippen LogP contribution in [0.3, 0.4) is 0 Å². The molecule has 0 atom stereocenters. The molecule has 0 fully saturated rings. The molecule has 0 bridgehead atoms. The van der Waals surface area contributed by atoms with Gasteiger partial charge in [-0.1, -0.05) is 30.3 Å². The SMILES string of the molecule is CCOC(=O)c1c(Cc2ccccc2)[nH]c(=O)[nH]c1=O. The predicted molar refractivity (Wildman–Crippen MR) is 72.9 cm³/mol. The number of rotatable bonds is 4. The van der Waals surface area contributed by atoms with Crippen molar-refractivity contribution in [2.75, 3.05) is 6.61 Å². The molecule has 0 aliphatic rings. The Kier molecular flexibility index (Phi) is 4.14. The van der Waals surface area contributed by atoms with Crippen LogP contribution in [-0.2, 0) is 11.2 Å². The first kappa shape index (κ1) is 13.8. The summed E-state index contributed by atoms with van der Waals surface area (Å²) in [5.41, 5.74) is -0.412. The van der Waals surface area contributed by atoms with E-state index in [4.69, 9.17) is 4.74 Å². The van der Waals surface area contributed by atoms with Crippen molar-refractivity contribution >= 4 is 5.97 Å². The molecule has 104 valence electrons. The molecule has 0 saturated carbocycles. The van der Waals surface area contributed by atoms with Crippen molar-refractivity contribution in [3.8, 4) is 0 Å². The highest BCUT2D eigenvalue weighted by molar-refractivity contribution is 5.90. The van der Waals surface area contributed by atoms with Gasteiger partial charge in [0.05, 0.1) is 6.61 Å². The summed E-state index contributed by atoms with van der Waals surface area (Å²) in [6, 6.07) is 9.22. The number of hydrogen-bond acceptors (Lipinski definition) is 4. The van der Waals surface area contributed by atoms with Crippen molar-refractivity contribution < 1.29 is 9.53 Å². The fraction of sp³-hybridized carbons (Fsp3) is 0.214. The standard InChI is InChI=1S/C14H14N2O4/c1-2-20-13(18)11-10(15-14(19)16-12(11)17)8-9-6-4-3-5-7-9/h3-7H,2,8H2,1H3,(H2,15,16,17,19). The number of esters is 1. The molecule has 0 aliphatic heterocycles. The van der Waals surface area contributed by atoms with Crippen LogP contribution in [0.5, 0.6) is 0 Å². The number of hydrogen-bond donors (Lipinski definition) is 2. The Morgan fingerprint density at radius 2 is 1.85 bits per heavy atom. The van der Waals surface area contributed by atoms with E-state index in [-0.39, 0.29) is 24.3 Å². The van der Waals surface area contributed by atoms with Crippen molar-refractivity contribution in [2.24, 2.45) is 0 Å². The zero-order chi connectivity index (χ0) is 14.5. The van der Waals surface area contributed by atoms with Crippen molar-refractivity contribution in [3.05, 3.63) is 68.0 Å². The van der Waals surface area contributed by atoms with E-state index in [0.29, 0.717) is 0 Å². The molecule has 0 radical (unpaired) electrons. The summed E-state index contributed by atoms with van der Waals surface area (Å²) in [7, 11) is 0. The third-order valence-corrected chi connectivity index (χ3v) is 2.72. The van der Waals surface area contributed by atoms with Gasteiger partial charge < -0.3 is 9.72 Å². The van der Waals surface area contributed by atoms with Crippen LogP contribution in [0, 0.1) is 0 Å². The first-order valence-electron chi connectivity index (χ1n) is 6.18. The van der Waals surface area contributed by atoms with E-state index in [1.807, 2.05) is 35.3 Å². The highest BCUT2D eigenvalue weighted by atomic mass is 16.5. The predicted octanol–water partition coefficient (Wildman–Crippen LogP) is 0.831. The highest BCUT2D eigenvalue weighted by Gasteiger charge is 2.18. The monoisotopic (exact) mass is 274 g/mol. The van der Waals surface area contributed by atoms with E-state index in [2.05, 4.69) is 4.98 Å². The van der Waals surface area contributed by atoms with E-state index in [1.165, 1.54) is 0 Å². The van der Waals surface area contributed by atoms with Gasteiger partial charge in [0.25, 0.3) is 5.56 Å². The van der Waals surface area contributed by atoms with Gasteiger partial charge in [0.1, 0.15) is 5.56 Å². The van der Waals surface area contributed by atoms with Gasteiger partial charge in [-0.2, -0.15) is 0 Å². The minimum atomic E-state index is -0.740. The minimum absolute atomic E-state index is 0.155. The molecule has 0 aliphatic carbocycles. The lowest BCUT2D eigenvalue weighted by atomic mass is 10.1. The zero-order valence-corrected chi connectivity index (χ0v) is 10.9.